The zero-order chi connectivity index (χ0) is 13.8. The van der Waals surface area contributed by atoms with E-state index in [0.29, 0.717) is 17.1 Å². The highest BCUT2D eigenvalue weighted by Crippen LogP contribution is 2.11. The summed E-state index contributed by atoms with van der Waals surface area (Å²) >= 11 is 0. The molecule has 0 saturated carbocycles. The molecule has 0 aliphatic heterocycles. The topological polar surface area (TPSA) is 72.2 Å². The summed E-state index contributed by atoms with van der Waals surface area (Å²) in [5.41, 5.74) is 0.155. The van der Waals surface area contributed by atoms with Gasteiger partial charge in [0.05, 0.1) is 16.4 Å². The van der Waals surface area contributed by atoms with Crippen molar-refractivity contribution in [3.63, 3.8) is 0 Å². The quantitative estimate of drug-likeness (QED) is 0.899. The molecule has 100 valence electrons. The van der Waals surface area contributed by atoms with Crippen LogP contribution in [0, 0.1) is 0 Å². The fourth-order valence-corrected chi connectivity index (χ4v) is 2.80. The van der Waals surface area contributed by atoms with E-state index in [2.05, 4.69) is 4.98 Å². The Balaban J connectivity index is 2.06. The fraction of sp³-hybridized carbons (Fsp3) is 0.231. The third-order valence-electron chi connectivity index (χ3n) is 2.78. The number of aryl methyl sites for hydroxylation is 2. The van der Waals surface area contributed by atoms with Crippen LogP contribution < -0.4 is 0 Å². The van der Waals surface area contributed by atoms with Gasteiger partial charge < -0.3 is 9.67 Å². The van der Waals surface area contributed by atoms with Crippen LogP contribution in [0.4, 0.5) is 0 Å². The van der Waals surface area contributed by atoms with Crippen LogP contribution in [0.25, 0.3) is 0 Å². The maximum absolute atomic E-state index is 12.1. The number of imidazole rings is 1. The summed E-state index contributed by atoms with van der Waals surface area (Å²) in [5.74, 6) is 0.277. The van der Waals surface area contributed by atoms with Gasteiger partial charge in [-0.15, -0.1) is 0 Å². The Morgan fingerprint density at radius 1 is 1.47 bits per heavy atom. The van der Waals surface area contributed by atoms with Gasteiger partial charge in [-0.1, -0.05) is 6.07 Å². The van der Waals surface area contributed by atoms with Crippen LogP contribution in [0.5, 0.6) is 0 Å². The van der Waals surface area contributed by atoms with E-state index in [1.54, 1.807) is 18.3 Å². The molecular formula is C13H14N2O3S. The molecule has 2 rings (SSSR count). The number of rotatable bonds is 5. The van der Waals surface area contributed by atoms with E-state index in [1.807, 2.05) is 17.8 Å². The van der Waals surface area contributed by atoms with Gasteiger partial charge in [-0.25, -0.2) is 9.78 Å². The molecule has 0 amide bonds. The average Bonchev–Trinajstić information content (AvgIpc) is 2.81. The lowest BCUT2D eigenvalue weighted by Crippen LogP contribution is -2.07. The van der Waals surface area contributed by atoms with Gasteiger partial charge in [0.1, 0.15) is 5.82 Å². The molecule has 0 radical (unpaired) electrons. The molecule has 0 spiro atoms. The largest absolute Gasteiger partial charge is 0.478 e. The van der Waals surface area contributed by atoms with Crippen molar-refractivity contribution < 1.29 is 14.1 Å². The van der Waals surface area contributed by atoms with Crippen LogP contribution in [0.15, 0.2) is 41.6 Å². The summed E-state index contributed by atoms with van der Waals surface area (Å²) in [6.07, 6.45) is 4.13. The predicted octanol–water partition coefficient (Wildman–Crippen LogP) is 1.47. The van der Waals surface area contributed by atoms with Gasteiger partial charge in [-0.2, -0.15) is 0 Å². The van der Waals surface area contributed by atoms with E-state index < -0.39 is 16.8 Å². The molecule has 0 aliphatic carbocycles. The molecule has 5 nitrogen and oxygen atoms in total. The van der Waals surface area contributed by atoms with Crippen molar-refractivity contribution in [1.82, 2.24) is 9.55 Å². The first-order valence-corrected chi connectivity index (χ1v) is 7.08. The van der Waals surface area contributed by atoms with Gasteiger partial charge >= 0.3 is 5.97 Å². The minimum atomic E-state index is -1.22. The number of carboxylic acids is 1. The summed E-state index contributed by atoms with van der Waals surface area (Å²) in [7, 11) is 0.665. The third-order valence-corrected chi connectivity index (χ3v) is 4.13. The summed E-state index contributed by atoms with van der Waals surface area (Å²) in [6, 6.07) is 6.23. The van der Waals surface area contributed by atoms with Crippen molar-refractivity contribution in [2.45, 2.75) is 11.3 Å². The molecule has 2 aromatic rings. The molecule has 1 unspecified atom stereocenters. The van der Waals surface area contributed by atoms with Crippen LogP contribution in [-0.4, -0.2) is 30.6 Å². The van der Waals surface area contributed by atoms with Crippen molar-refractivity contribution in [2.24, 2.45) is 7.05 Å². The molecule has 6 heteroatoms. The molecule has 0 bridgehead atoms. The molecule has 1 aromatic carbocycles. The van der Waals surface area contributed by atoms with Gasteiger partial charge in [0.15, 0.2) is 0 Å². The molecule has 1 atom stereocenters. The summed E-state index contributed by atoms with van der Waals surface area (Å²) < 4.78 is 14.0. The molecule has 0 saturated heterocycles. The SMILES string of the molecule is Cn1ccnc1CCS(=O)c1cccc(C(=O)O)c1. The standard InChI is InChI=1S/C13H14N2O3S/c1-15-7-6-14-12(15)5-8-19(18)11-4-2-3-10(9-11)13(16)17/h2-4,6-7,9H,5,8H2,1H3,(H,16,17). The Kier molecular flexibility index (Phi) is 4.11. The van der Waals surface area contributed by atoms with Crippen molar-refractivity contribution in [1.29, 1.82) is 0 Å². The molecule has 1 aromatic heterocycles. The zero-order valence-electron chi connectivity index (χ0n) is 10.4. The summed E-state index contributed by atoms with van der Waals surface area (Å²) in [4.78, 5) is 15.6. The number of aromatic carboxylic acids is 1. The Hall–Kier alpha value is -1.95. The third kappa shape index (κ3) is 3.29. The monoisotopic (exact) mass is 278 g/mol. The zero-order valence-corrected chi connectivity index (χ0v) is 11.3. The molecule has 0 aliphatic rings. The lowest BCUT2D eigenvalue weighted by Gasteiger charge is -2.04. The van der Waals surface area contributed by atoms with Crippen molar-refractivity contribution in [2.75, 3.05) is 5.75 Å². The number of carbonyl (C=O) groups is 1. The Morgan fingerprint density at radius 3 is 2.89 bits per heavy atom. The van der Waals surface area contributed by atoms with E-state index in [4.69, 9.17) is 5.11 Å². The Morgan fingerprint density at radius 2 is 2.26 bits per heavy atom. The molecule has 1 heterocycles. The number of aromatic nitrogens is 2. The van der Waals surface area contributed by atoms with Crippen molar-refractivity contribution in [3.8, 4) is 0 Å². The fourth-order valence-electron chi connectivity index (χ4n) is 1.71. The average molecular weight is 278 g/mol. The first kappa shape index (κ1) is 13.5. The van der Waals surface area contributed by atoms with Gasteiger partial charge in [-0.3, -0.25) is 4.21 Å². The smallest absolute Gasteiger partial charge is 0.335 e. The lowest BCUT2D eigenvalue weighted by molar-refractivity contribution is 0.0696. The van der Waals surface area contributed by atoms with E-state index >= 15 is 0 Å². The van der Waals surface area contributed by atoms with Crippen molar-refractivity contribution >= 4 is 16.8 Å². The second-order valence-electron chi connectivity index (χ2n) is 4.09. The molecular weight excluding hydrogens is 264 g/mol. The maximum Gasteiger partial charge on any atom is 0.335 e. The minimum Gasteiger partial charge on any atom is -0.478 e. The highest BCUT2D eigenvalue weighted by Gasteiger charge is 2.09. The van der Waals surface area contributed by atoms with Gasteiger partial charge in [-0.05, 0) is 18.2 Å². The highest BCUT2D eigenvalue weighted by atomic mass is 32.2. The second kappa shape index (κ2) is 5.79. The van der Waals surface area contributed by atoms with E-state index in [0.717, 1.165) is 5.82 Å². The number of benzene rings is 1. The van der Waals surface area contributed by atoms with Crippen molar-refractivity contribution in [3.05, 3.63) is 48.0 Å². The van der Waals surface area contributed by atoms with Gasteiger partial charge in [0, 0.05) is 36.5 Å². The Bertz CT molecular complexity index is 622. The number of hydrogen-bond acceptors (Lipinski definition) is 3. The van der Waals surface area contributed by atoms with Crippen LogP contribution in [0.2, 0.25) is 0 Å². The van der Waals surface area contributed by atoms with E-state index in [-0.39, 0.29) is 5.56 Å². The van der Waals surface area contributed by atoms with Crippen LogP contribution >= 0.6 is 0 Å². The first-order valence-electron chi connectivity index (χ1n) is 5.76. The summed E-state index contributed by atoms with van der Waals surface area (Å²) in [6.45, 7) is 0. The predicted molar refractivity (Wildman–Crippen MR) is 71.6 cm³/mol. The molecule has 1 N–H and O–H groups in total. The minimum absolute atomic E-state index is 0.155. The molecule has 0 fully saturated rings. The van der Waals surface area contributed by atoms with Crippen LogP contribution in [0.3, 0.4) is 0 Å². The highest BCUT2D eigenvalue weighted by molar-refractivity contribution is 7.85. The number of nitrogens with zero attached hydrogens (tertiary/aromatic N) is 2. The van der Waals surface area contributed by atoms with Gasteiger partial charge in [0.2, 0.25) is 0 Å². The van der Waals surface area contributed by atoms with Crippen LogP contribution in [-0.2, 0) is 24.3 Å². The second-order valence-corrected chi connectivity index (χ2v) is 5.66. The first-order chi connectivity index (χ1) is 9.08. The number of carboxylic acid groups (broad SMARTS) is 1. The normalized spacial score (nSPS) is 12.3. The Labute approximate surface area is 113 Å². The maximum atomic E-state index is 12.1. The van der Waals surface area contributed by atoms with Crippen LogP contribution in [0.1, 0.15) is 16.2 Å². The molecule has 19 heavy (non-hydrogen) atoms. The van der Waals surface area contributed by atoms with E-state index in [9.17, 15) is 9.00 Å². The lowest BCUT2D eigenvalue weighted by atomic mass is 10.2. The van der Waals surface area contributed by atoms with Gasteiger partial charge in [0.25, 0.3) is 0 Å². The summed E-state index contributed by atoms with van der Waals surface area (Å²) in [5, 5.41) is 8.90. The number of hydrogen-bond donors (Lipinski definition) is 1. The van der Waals surface area contributed by atoms with E-state index in [1.165, 1.54) is 12.1 Å².